The van der Waals surface area contributed by atoms with Gasteiger partial charge in [-0.2, -0.15) is 0 Å². The summed E-state index contributed by atoms with van der Waals surface area (Å²) in [6.45, 7) is 0. The zero-order valence-electron chi connectivity index (χ0n) is 33.5. The van der Waals surface area contributed by atoms with Crippen molar-refractivity contribution in [2.45, 2.75) is 25.2 Å². The molecule has 2 unspecified atom stereocenters. The van der Waals surface area contributed by atoms with E-state index in [1.54, 1.807) is 0 Å². The Morgan fingerprint density at radius 2 is 0.967 bits per heavy atom. The highest BCUT2D eigenvalue weighted by Crippen LogP contribution is 2.42. The van der Waals surface area contributed by atoms with Crippen LogP contribution < -0.4 is 4.90 Å². The maximum absolute atomic E-state index is 2.49. The summed E-state index contributed by atoms with van der Waals surface area (Å²) < 4.78 is 4.79. The monoisotopic (exact) mass is 771 g/mol. The minimum atomic E-state index is 0.389. The molecule has 1 aliphatic rings. The Bertz CT molecular complexity index is 3170. The predicted molar refractivity (Wildman–Crippen MR) is 254 cm³/mol. The molecule has 0 amide bonds. The first-order valence-corrected chi connectivity index (χ1v) is 21.2. The lowest BCUT2D eigenvalue weighted by atomic mass is 9.78. The van der Waals surface area contributed by atoms with Crippen LogP contribution in [0.25, 0.3) is 55.0 Å². The highest BCUT2D eigenvalue weighted by Gasteiger charge is 2.24. The number of benzene rings is 8. The summed E-state index contributed by atoms with van der Waals surface area (Å²) in [5.74, 6) is 0.838. The summed E-state index contributed by atoms with van der Waals surface area (Å²) in [7, 11) is 0. The molecule has 0 radical (unpaired) electrons. The average Bonchev–Trinajstić information content (AvgIpc) is 3.83. The van der Waals surface area contributed by atoms with E-state index in [0.29, 0.717) is 11.8 Å². The van der Waals surface area contributed by atoms with E-state index >= 15 is 0 Å². The van der Waals surface area contributed by atoms with Gasteiger partial charge in [-0.25, -0.2) is 0 Å². The summed E-state index contributed by atoms with van der Waals surface area (Å²) >= 11 is 0. The molecule has 2 heterocycles. The van der Waals surface area contributed by atoms with E-state index in [4.69, 9.17) is 0 Å². The number of hydrogen-bond donors (Lipinski definition) is 0. The Hall–Kier alpha value is -7.36. The van der Waals surface area contributed by atoms with Crippen LogP contribution in [0, 0.1) is 5.92 Å². The lowest BCUT2D eigenvalue weighted by Gasteiger charge is -2.27. The first kappa shape index (κ1) is 35.8. The molecule has 0 N–H and O–H groups in total. The highest BCUT2D eigenvalue weighted by atomic mass is 15.1. The number of rotatable bonds is 10. The number of allylic oxidation sites excluding steroid dienone is 4. The lowest BCUT2D eigenvalue weighted by Crippen LogP contribution is -2.13. The molecule has 60 heavy (non-hydrogen) atoms. The van der Waals surface area contributed by atoms with Crippen molar-refractivity contribution in [1.29, 1.82) is 0 Å². The van der Waals surface area contributed by atoms with E-state index in [0.717, 1.165) is 36.3 Å². The smallest absolute Gasteiger partial charge is 0.0542 e. The first-order chi connectivity index (χ1) is 29.8. The normalized spacial score (nSPS) is 14.4. The molecule has 2 aromatic heterocycles. The molecule has 0 bridgehead atoms. The van der Waals surface area contributed by atoms with Crippen LogP contribution in [0.15, 0.2) is 224 Å². The van der Waals surface area contributed by atoms with Crippen molar-refractivity contribution < 1.29 is 0 Å². The van der Waals surface area contributed by atoms with E-state index in [2.05, 4.69) is 239 Å². The van der Waals surface area contributed by atoms with Gasteiger partial charge in [0.1, 0.15) is 0 Å². The van der Waals surface area contributed by atoms with Crippen LogP contribution in [0.4, 0.5) is 17.1 Å². The Balaban J connectivity index is 0.929. The van der Waals surface area contributed by atoms with Gasteiger partial charge in [0.15, 0.2) is 0 Å². The minimum Gasteiger partial charge on any atom is -0.310 e. The highest BCUT2D eigenvalue weighted by molar-refractivity contribution is 6.11. The van der Waals surface area contributed by atoms with Crippen molar-refractivity contribution in [3.05, 3.63) is 236 Å². The van der Waals surface area contributed by atoms with Gasteiger partial charge in [-0.3, -0.25) is 0 Å². The van der Waals surface area contributed by atoms with E-state index in [9.17, 15) is 0 Å². The number of aromatic nitrogens is 2. The fourth-order valence-electron chi connectivity index (χ4n) is 9.72. The van der Waals surface area contributed by atoms with Gasteiger partial charge in [-0.05, 0) is 133 Å². The third kappa shape index (κ3) is 6.40. The summed E-state index contributed by atoms with van der Waals surface area (Å²) in [4.78, 5) is 2.39. The number of hydrogen-bond acceptors (Lipinski definition) is 1. The summed E-state index contributed by atoms with van der Waals surface area (Å²) in [6, 6.07) is 73.2. The van der Waals surface area contributed by atoms with Crippen LogP contribution >= 0.6 is 0 Å². The van der Waals surface area contributed by atoms with E-state index in [1.165, 1.54) is 66.1 Å². The molecule has 3 heteroatoms. The molecule has 288 valence electrons. The standard InChI is InChI=1S/C57H45N3/c1-5-17-42(18-6-1)49(43-32-37-56-52(39-43)50-25-13-15-27-54(50)59(56)45-21-9-3-10-22-45)36-31-41-29-33-47(34-30-41)58(44-19-7-2-8-20-44)48-35-38-57-53(40-48)51-26-14-16-28-55(51)60(57)46-23-11-4-12-24-46/h1-17,19-30,32-35,37-40,42,49H,18,31,36H2. The van der Waals surface area contributed by atoms with Crippen molar-refractivity contribution in [2.75, 3.05) is 4.90 Å². The molecule has 0 saturated carbocycles. The summed E-state index contributed by atoms with van der Waals surface area (Å²) in [6.07, 6.45) is 12.3. The maximum atomic E-state index is 2.49. The third-order valence-electron chi connectivity index (χ3n) is 12.6. The Morgan fingerprint density at radius 1 is 0.450 bits per heavy atom. The van der Waals surface area contributed by atoms with Gasteiger partial charge in [-0.1, -0.05) is 133 Å². The third-order valence-corrected chi connectivity index (χ3v) is 12.6. The maximum Gasteiger partial charge on any atom is 0.0542 e. The molecule has 2 atom stereocenters. The van der Waals surface area contributed by atoms with Crippen LogP contribution in [-0.4, -0.2) is 9.13 Å². The molecule has 0 spiro atoms. The topological polar surface area (TPSA) is 13.1 Å². The van der Waals surface area contributed by atoms with Crippen LogP contribution in [0.1, 0.15) is 29.9 Å². The number of anilines is 3. The zero-order chi connectivity index (χ0) is 39.8. The number of fused-ring (bicyclic) bond motifs is 6. The van der Waals surface area contributed by atoms with Crippen molar-refractivity contribution in [2.24, 2.45) is 5.92 Å². The molecule has 10 aromatic rings. The second kappa shape index (κ2) is 15.4. The molecule has 11 rings (SSSR count). The first-order valence-electron chi connectivity index (χ1n) is 21.2. The van der Waals surface area contributed by atoms with E-state index in [-0.39, 0.29) is 0 Å². The van der Waals surface area contributed by atoms with Crippen LogP contribution in [0.2, 0.25) is 0 Å². The van der Waals surface area contributed by atoms with Gasteiger partial charge in [0, 0.05) is 50.0 Å². The number of para-hydroxylation sites is 5. The molecule has 3 nitrogen and oxygen atoms in total. The van der Waals surface area contributed by atoms with E-state index in [1.807, 2.05) is 0 Å². The molecule has 0 fully saturated rings. The van der Waals surface area contributed by atoms with Crippen molar-refractivity contribution in [1.82, 2.24) is 9.13 Å². The minimum absolute atomic E-state index is 0.389. The van der Waals surface area contributed by atoms with Gasteiger partial charge in [0.2, 0.25) is 0 Å². The predicted octanol–water partition coefficient (Wildman–Crippen LogP) is 15.2. The largest absolute Gasteiger partial charge is 0.310 e. The van der Waals surface area contributed by atoms with Gasteiger partial charge < -0.3 is 14.0 Å². The molecule has 0 saturated heterocycles. The molecule has 8 aromatic carbocycles. The van der Waals surface area contributed by atoms with Crippen LogP contribution in [0.5, 0.6) is 0 Å². The number of nitrogens with zero attached hydrogens (tertiary/aromatic N) is 3. The van der Waals surface area contributed by atoms with Crippen LogP contribution in [-0.2, 0) is 6.42 Å². The fraction of sp³-hybridized carbons (Fsp3) is 0.0877. The second-order valence-electron chi connectivity index (χ2n) is 16.0. The molecule has 1 aliphatic carbocycles. The lowest BCUT2D eigenvalue weighted by molar-refractivity contribution is 0.477. The van der Waals surface area contributed by atoms with Crippen molar-refractivity contribution in [3.8, 4) is 11.4 Å². The molecular weight excluding hydrogens is 727 g/mol. The quantitative estimate of drug-likeness (QED) is 0.135. The average molecular weight is 772 g/mol. The molecular formula is C57H45N3. The van der Waals surface area contributed by atoms with Gasteiger partial charge in [0.05, 0.1) is 22.1 Å². The van der Waals surface area contributed by atoms with Crippen molar-refractivity contribution >= 4 is 60.7 Å². The Morgan fingerprint density at radius 3 is 1.58 bits per heavy atom. The second-order valence-corrected chi connectivity index (χ2v) is 16.0. The van der Waals surface area contributed by atoms with Crippen molar-refractivity contribution in [3.63, 3.8) is 0 Å². The molecule has 0 aliphatic heterocycles. The zero-order valence-corrected chi connectivity index (χ0v) is 33.5. The summed E-state index contributed by atoms with van der Waals surface area (Å²) in [5.41, 5.74) is 13.5. The Labute approximate surface area is 351 Å². The van der Waals surface area contributed by atoms with E-state index < -0.39 is 0 Å². The number of aryl methyl sites for hydroxylation is 1. The fourth-order valence-corrected chi connectivity index (χ4v) is 9.72. The Kier molecular flexibility index (Phi) is 9.20. The summed E-state index contributed by atoms with van der Waals surface area (Å²) in [5, 5.41) is 5.11. The van der Waals surface area contributed by atoms with Crippen LogP contribution in [0.3, 0.4) is 0 Å². The van der Waals surface area contributed by atoms with Gasteiger partial charge >= 0.3 is 0 Å². The van der Waals surface area contributed by atoms with Gasteiger partial charge in [-0.15, -0.1) is 0 Å². The van der Waals surface area contributed by atoms with Gasteiger partial charge in [0.25, 0.3) is 0 Å². The SMILES string of the molecule is C1=CCC(C(CCc2ccc(N(c3ccccc3)c3ccc4c(c3)c3ccccc3n4-c3ccccc3)cc2)c2ccc3c(c2)c2ccccc2n3-c2ccccc2)C=C1.